The maximum atomic E-state index is 11.5. The first kappa shape index (κ1) is 13.9. The van der Waals surface area contributed by atoms with E-state index in [0.717, 1.165) is 0 Å². The molecular formula is C15H16O3. The Balaban J connectivity index is 2.78. The Kier molecular flexibility index (Phi) is 5.58. The third-order valence-electron chi connectivity index (χ3n) is 2.27. The maximum absolute atomic E-state index is 11.5. The summed E-state index contributed by atoms with van der Waals surface area (Å²) in [5.74, 6) is 0.0904. The summed E-state index contributed by atoms with van der Waals surface area (Å²) in [6.45, 7) is 6.99. The van der Waals surface area contributed by atoms with Gasteiger partial charge in [0.25, 0.3) is 0 Å². The largest absolute Gasteiger partial charge is 0.426 e. The van der Waals surface area contributed by atoms with Crippen LogP contribution in [-0.4, -0.2) is 11.8 Å². The zero-order valence-corrected chi connectivity index (χ0v) is 10.2. The monoisotopic (exact) mass is 244 g/mol. The SMILES string of the molecule is C=CCC(=O)Cc1ccccc1OC(=O)CC=C. The lowest BCUT2D eigenvalue weighted by Crippen LogP contribution is -2.09. The minimum absolute atomic E-state index is 0.0391. The summed E-state index contributed by atoms with van der Waals surface area (Å²) in [4.78, 5) is 22.9. The Morgan fingerprint density at radius 3 is 2.44 bits per heavy atom. The lowest BCUT2D eigenvalue weighted by atomic mass is 10.1. The Hall–Kier alpha value is -2.16. The molecule has 1 aromatic rings. The number of ketones is 1. The van der Waals surface area contributed by atoms with Crippen molar-refractivity contribution in [1.29, 1.82) is 0 Å². The zero-order chi connectivity index (χ0) is 13.4. The van der Waals surface area contributed by atoms with E-state index in [4.69, 9.17) is 4.74 Å². The molecule has 0 N–H and O–H groups in total. The highest BCUT2D eigenvalue weighted by Crippen LogP contribution is 2.19. The molecule has 0 bridgehead atoms. The molecule has 0 spiro atoms. The normalized spacial score (nSPS) is 9.56. The fourth-order valence-electron chi connectivity index (χ4n) is 1.48. The molecule has 0 unspecified atom stereocenters. The van der Waals surface area contributed by atoms with Crippen LogP contribution in [0, 0.1) is 0 Å². The van der Waals surface area contributed by atoms with Crippen molar-refractivity contribution in [1.82, 2.24) is 0 Å². The van der Waals surface area contributed by atoms with Crippen LogP contribution < -0.4 is 4.74 Å². The molecule has 0 radical (unpaired) electrons. The smallest absolute Gasteiger partial charge is 0.315 e. The van der Waals surface area contributed by atoms with E-state index < -0.39 is 0 Å². The van der Waals surface area contributed by atoms with E-state index in [0.29, 0.717) is 17.7 Å². The summed E-state index contributed by atoms with van der Waals surface area (Å²) in [5.41, 5.74) is 0.710. The Morgan fingerprint density at radius 2 is 1.78 bits per heavy atom. The average Bonchev–Trinajstić information content (AvgIpc) is 2.32. The van der Waals surface area contributed by atoms with Crippen LogP contribution in [0.25, 0.3) is 0 Å². The number of carbonyl (C=O) groups is 2. The molecule has 0 saturated carbocycles. The molecule has 0 atom stereocenters. The van der Waals surface area contributed by atoms with Gasteiger partial charge in [0.15, 0.2) is 0 Å². The molecule has 1 aromatic carbocycles. The van der Waals surface area contributed by atoms with Crippen molar-refractivity contribution >= 4 is 11.8 Å². The number of esters is 1. The molecule has 0 aliphatic rings. The number of benzene rings is 1. The van der Waals surface area contributed by atoms with Crippen LogP contribution in [0.1, 0.15) is 18.4 Å². The van der Waals surface area contributed by atoms with E-state index in [-0.39, 0.29) is 24.6 Å². The summed E-state index contributed by atoms with van der Waals surface area (Å²) in [6, 6.07) is 7.02. The van der Waals surface area contributed by atoms with Gasteiger partial charge in [-0.25, -0.2) is 0 Å². The minimum Gasteiger partial charge on any atom is -0.426 e. The molecule has 0 aliphatic carbocycles. The Labute approximate surface area is 107 Å². The second-order valence-corrected chi connectivity index (χ2v) is 3.78. The molecule has 0 aromatic heterocycles. The molecule has 0 amide bonds. The van der Waals surface area contributed by atoms with Crippen molar-refractivity contribution in [2.45, 2.75) is 19.3 Å². The molecule has 18 heavy (non-hydrogen) atoms. The first-order valence-corrected chi connectivity index (χ1v) is 5.69. The van der Waals surface area contributed by atoms with Gasteiger partial charge in [-0.1, -0.05) is 30.4 Å². The number of ether oxygens (including phenoxy) is 1. The summed E-state index contributed by atoms with van der Waals surface area (Å²) in [7, 11) is 0. The van der Waals surface area contributed by atoms with Gasteiger partial charge in [0.05, 0.1) is 6.42 Å². The quantitative estimate of drug-likeness (QED) is 0.421. The van der Waals surface area contributed by atoms with Crippen LogP contribution in [0.2, 0.25) is 0 Å². The molecule has 3 heteroatoms. The number of allylic oxidation sites excluding steroid dienone is 1. The van der Waals surface area contributed by atoms with Gasteiger partial charge >= 0.3 is 5.97 Å². The second kappa shape index (κ2) is 7.22. The van der Waals surface area contributed by atoms with Crippen molar-refractivity contribution < 1.29 is 14.3 Å². The minimum atomic E-state index is -0.381. The summed E-state index contributed by atoms with van der Waals surface area (Å²) in [6.07, 6.45) is 3.75. The number of rotatable bonds is 7. The van der Waals surface area contributed by atoms with Crippen LogP contribution >= 0.6 is 0 Å². The number of carbonyl (C=O) groups excluding carboxylic acids is 2. The van der Waals surface area contributed by atoms with Gasteiger partial charge in [-0.15, -0.1) is 13.2 Å². The van der Waals surface area contributed by atoms with Gasteiger partial charge in [0.2, 0.25) is 0 Å². The molecule has 0 aliphatic heterocycles. The van der Waals surface area contributed by atoms with Gasteiger partial charge in [-0.05, 0) is 6.07 Å². The number of para-hydroxylation sites is 1. The fraction of sp³-hybridized carbons (Fsp3) is 0.200. The predicted molar refractivity (Wildman–Crippen MR) is 70.4 cm³/mol. The third-order valence-corrected chi connectivity index (χ3v) is 2.27. The van der Waals surface area contributed by atoms with Crippen LogP contribution in [0.5, 0.6) is 5.75 Å². The van der Waals surface area contributed by atoms with Gasteiger partial charge in [-0.2, -0.15) is 0 Å². The predicted octanol–water partition coefficient (Wildman–Crippen LogP) is 2.86. The number of Topliss-reactive ketones (excluding diaryl/α,β-unsaturated/α-hetero) is 1. The number of hydrogen-bond donors (Lipinski definition) is 0. The molecule has 1 rings (SSSR count). The number of hydrogen-bond acceptors (Lipinski definition) is 3. The highest BCUT2D eigenvalue weighted by Gasteiger charge is 2.10. The topological polar surface area (TPSA) is 43.4 Å². The van der Waals surface area contributed by atoms with Crippen molar-refractivity contribution in [3.05, 3.63) is 55.1 Å². The van der Waals surface area contributed by atoms with Gasteiger partial charge < -0.3 is 4.74 Å². The Morgan fingerprint density at radius 1 is 1.11 bits per heavy atom. The van der Waals surface area contributed by atoms with E-state index in [2.05, 4.69) is 13.2 Å². The van der Waals surface area contributed by atoms with Crippen LogP contribution in [0.3, 0.4) is 0 Å². The van der Waals surface area contributed by atoms with Gasteiger partial charge in [-0.3, -0.25) is 9.59 Å². The molecule has 0 heterocycles. The highest BCUT2D eigenvalue weighted by molar-refractivity contribution is 5.83. The first-order chi connectivity index (χ1) is 8.67. The lowest BCUT2D eigenvalue weighted by Gasteiger charge is -2.08. The third kappa shape index (κ3) is 4.37. The molecule has 94 valence electrons. The van der Waals surface area contributed by atoms with Crippen LogP contribution in [0.15, 0.2) is 49.6 Å². The van der Waals surface area contributed by atoms with E-state index >= 15 is 0 Å². The summed E-state index contributed by atoms with van der Waals surface area (Å²) in [5, 5.41) is 0. The summed E-state index contributed by atoms with van der Waals surface area (Å²) < 4.78 is 5.18. The average molecular weight is 244 g/mol. The maximum Gasteiger partial charge on any atom is 0.315 e. The van der Waals surface area contributed by atoms with Crippen molar-refractivity contribution in [3.8, 4) is 5.75 Å². The second-order valence-electron chi connectivity index (χ2n) is 3.78. The zero-order valence-electron chi connectivity index (χ0n) is 10.2. The van der Waals surface area contributed by atoms with Gasteiger partial charge in [0, 0.05) is 18.4 Å². The van der Waals surface area contributed by atoms with E-state index in [1.807, 2.05) is 0 Å². The van der Waals surface area contributed by atoms with E-state index in [9.17, 15) is 9.59 Å². The van der Waals surface area contributed by atoms with Crippen molar-refractivity contribution in [2.24, 2.45) is 0 Å². The first-order valence-electron chi connectivity index (χ1n) is 5.69. The molecule has 0 fully saturated rings. The molecule has 3 nitrogen and oxygen atoms in total. The highest BCUT2D eigenvalue weighted by atomic mass is 16.5. The van der Waals surface area contributed by atoms with Gasteiger partial charge in [0.1, 0.15) is 11.5 Å². The van der Waals surface area contributed by atoms with Crippen LogP contribution in [-0.2, 0) is 16.0 Å². The standard InChI is InChI=1S/C15H16O3/c1-3-7-13(16)11-12-9-5-6-10-14(12)18-15(17)8-4-2/h3-6,9-10H,1-2,7-8,11H2. The van der Waals surface area contributed by atoms with Crippen molar-refractivity contribution in [2.75, 3.05) is 0 Å². The van der Waals surface area contributed by atoms with Crippen molar-refractivity contribution in [3.63, 3.8) is 0 Å². The fourth-order valence-corrected chi connectivity index (χ4v) is 1.48. The summed E-state index contributed by atoms with van der Waals surface area (Å²) >= 11 is 0. The van der Waals surface area contributed by atoms with Crippen LogP contribution in [0.4, 0.5) is 0 Å². The van der Waals surface area contributed by atoms with E-state index in [1.165, 1.54) is 6.08 Å². The van der Waals surface area contributed by atoms with E-state index in [1.54, 1.807) is 30.3 Å². The lowest BCUT2D eigenvalue weighted by molar-refractivity contribution is -0.133. The molecule has 0 saturated heterocycles. The Bertz CT molecular complexity index is 418. The molecular weight excluding hydrogens is 228 g/mol.